The minimum absolute atomic E-state index is 0.0689. The Kier molecular flexibility index (Phi) is 4.83. The van der Waals surface area contributed by atoms with Gasteiger partial charge in [0.2, 0.25) is 0 Å². The van der Waals surface area contributed by atoms with E-state index >= 15 is 0 Å². The van der Waals surface area contributed by atoms with Crippen LogP contribution in [0.1, 0.15) is 12.0 Å². The molecular weight excluding hydrogens is 304 g/mol. The van der Waals surface area contributed by atoms with Gasteiger partial charge in [0.05, 0.1) is 18.6 Å². The van der Waals surface area contributed by atoms with E-state index in [1.807, 2.05) is 6.07 Å². The number of hydrogen-bond donors (Lipinski definition) is 1. The highest BCUT2D eigenvalue weighted by atomic mass is 32.2. The molecule has 7 heteroatoms. The third-order valence-corrected chi connectivity index (χ3v) is 5.11. The fourth-order valence-electron chi connectivity index (χ4n) is 2.22. The van der Waals surface area contributed by atoms with Gasteiger partial charge in [0.15, 0.2) is 9.84 Å². The number of methoxy groups -OCH3 is 1. The van der Waals surface area contributed by atoms with Gasteiger partial charge in [0.1, 0.15) is 17.4 Å². The lowest BCUT2D eigenvalue weighted by molar-refractivity contribution is -0.117. The first-order valence-electron chi connectivity index (χ1n) is 6.70. The summed E-state index contributed by atoms with van der Waals surface area (Å²) >= 11 is 0. The Morgan fingerprint density at radius 2 is 2.27 bits per heavy atom. The van der Waals surface area contributed by atoms with E-state index in [0.29, 0.717) is 17.7 Å². The van der Waals surface area contributed by atoms with Crippen LogP contribution < -0.4 is 10.1 Å². The number of sulfone groups is 1. The fraction of sp³-hybridized carbons (Fsp3) is 0.333. The Labute approximate surface area is 129 Å². The molecule has 22 heavy (non-hydrogen) atoms. The molecule has 1 aromatic carbocycles. The van der Waals surface area contributed by atoms with Gasteiger partial charge < -0.3 is 10.1 Å². The quantitative estimate of drug-likeness (QED) is 0.657. The third kappa shape index (κ3) is 4.09. The van der Waals surface area contributed by atoms with Crippen LogP contribution in [0.5, 0.6) is 5.75 Å². The zero-order valence-corrected chi connectivity index (χ0v) is 12.9. The molecule has 0 aliphatic carbocycles. The summed E-state index contributed by atoms with van der Waals surface area (Å²) in [5.74, 6) is 0.0523. The van der Waals surface area contributed by atoms with E-state index in [4.69, 9.17) is 10.00 Å². The molecule has 116 valence electrons. The van der Waals surface area contributed by atoms with Crippen LogP contribution in [0, 0.1) is 11.3 Å². The van der Waals surface area contributed by atoms with Crippen molar-refractivity contribution in [2.75, 3.05) is 18.6 Å². The summed E-state index contributed by atoms with van der Waals surface area (Å²) < 4.78 is 27.8. The van der Waals surface area contributed by atoms with Crippen LogP contribution in [0.3, 0.4) is 0 Å². The van der Waals surface area contributed by atoms with Crippen LogP contribution in [-0.2, 0) is 14.6 Å². The van der Waals surface area contributed by atoms with Crippen LogP contribution in [0.2, 0.25) is 0 Å². The third-order valence-electron chi connectivity index (χ3n) is 3.34. The van der Waals surface area contributed by atoms with E-state index in [9.17, 15) is 13.2 Å². The van der Waals surface area contributed by atoms with Gasteiger partial charge in [-0.2, -0.15) is 5.26 Å². The fourth-order valence-corrected chi connectivity index (χ4v) is 3.89. The number of amides is 1. The molecule has 0 radical (unpaired) electrons. The summed E-state index contributed by atoms with van der Waals surface area (Å²) in [6.07, 6.45) is 1.83. The van der Waals surface area contributed by atoms with Crippen molar-refractivity contribution in [3.05, 3.63) is 35.4 Å². The van der Waals surface area contributed by atoms with Crippen molar-refractivity contribution < 1.29 is 17.9 Å². The van der Waals surface area contributed by atoms with Gasteiger partial charge in [0, 0.05) is 6.04 Å². The van der Waals surface area contributed by atoms with Crippen LogP contribution in [0.4, 0.5) is 0 Å². The van der Waals surface area contributed by atoms with E-state index in [1.54, 1.807) is 24.3 Å². The van der Waals surface area contributed by atoms with Crippen molar-refractivity contribution in [2.24, 2.45) is 0 Å². The van der Waals surface area contributed by atoms with E-state index in [2.05, 4.69) is 5.32 Å². The monoisotopic (exact) mass is 320 g/mol. The minimum atomic E-state index is -3.08. The molecule has 1 aromatic rings. The lowest BCUT2D eigenvalue weighted by Gasteiger charge is -2.10. The van der Waals surface area contributed by atoms with Gasteiger partial charge in [-0.05, 0) is 30.2 Å². The Morgan fingerprint density at radius 3 is 2.86 bits per heavy atom. The highest BCUT2D eigenvalue weighted by Crippen LogP contribution is 2.16. The Bertz CT molecular complexity index is 747. The molecule has 1 fully saturated rings. The van der Waals surface area contributed by atoms with E-state index in [-0.39, 0.29) is 17.1 Å². The molecule has 6 nitrogen and oxygen atoms in total. The van der Waals surface area contributed by atoms with Crippen LogP contribution >= 0.6 is 0 Å². The molecule has 0 saturated carbocycles. The second-order valence-electron chi connectivity index (χ2n) is 5.02. The summed E-state index contributed by atoms with van der Waals surface area (Å²) in [6.45, 7) is 0. The standard InChI is InChI=1S/C15H16N2O4S/c1-21-14-4-2-3-11(8-14)7-12(9-16)15(18)17-13-5-6-22(19,20)10-13/h2-4,7-8,13H,5-6,10H2,1H3,(H,17,18)/b12-7+. The number of nitrogens with zero attached hydrogens (tertiary/aromatic N) is 1. The molecule has 2 rings (SSSR count). The van der Waals surface area contributed by atoms with Crippen molar-refractivity contribution in [1.29, 1.82) is 5.26 Å². The molecule has 1 aliphatic rings. The number of benzene rings is 1. The number of nitrogens with one attached hydrogen (secondary N) is 1. The van der Waals surface area contributed by atoms with E-state index in [1.165, 1.54) is 13.2 Å². The van der Waals surface area contributed by atoms with E-state index < -0.39 is 21.8 Å². The molecule has 0 bridgehead atoms. The molecular formula is C15H16N2O4S. The number of carbonyl (C=O) groups is 1. The zero-order chi connectivity index (χ0) is 16.2. The Balaban J connectivity index is 2.12. The summed E-state index contributed by atoms with van der Waals surface area (Å²) in [4.78, 5) is 12.1. The maximum atomic E-state index is 12.1. The summed E-state index contributed by atoms with van der Waals surface area (Å²) in [7, 11) is -1.55. The molecule has 1 aliphatic heterocycles. The van der Waals surface area contributed by atoms with Crippen LogP contribution in [-0.4, -0.2) is 39.0 Å². The van der Waals surface area contributed by atoms with Gasteiger partial charge in [-0.1, -0.05) is 12.1 Å². The normalized spacial score (nSPS) is 20.2. The second kappa shape index (κ2) is 6.62. The first kappa shape index (κ1) is 16.0. The topological polar surface area (TPSA) is 96.3 Å². The van der Waals surface area contributed by atoms with Gasteiger partial charge in [-0.3, -0.25) is 4.79 Å². The predicted molar refractivity (Wildman–Crippen MR) is 81.8 cm³/mol. The maximum Gasteiger partial charge on any atom is 0.262 e. The van der Waals surface area contributed by atoms with Crippen molar-refractivity contribution >= 4 is 21.8 Å². The molecule has 1 heterocycles. The Hall–Kier alpha value is -2.33. The molecule has 1 unspecified atom stereocenters. The number of carbonyl (C=O) groups excluding carboxylic acids is 1. The summed E-state index contributed by atoms with van der Waals surface area (Å²) in [5, 5.41) is 11.7. The maximum absolute atomic E-state index is 12.1. The van der Waals surface area contributed by atoms with Crippen LogP contribution in [0.15, 0.2) is 29.8 Å². The number of rotatable bonds is 4. The lowest BCUT2D eigenvalue weighted by Crippen LogP contribution is -2.36. The molecule has 1 atom stereocenters. The van der Waals surface area contributed by atoms with Gasteiger partial charge in [-0.15, -0.1) is 0 Å². The zero-order valence-electron chi connectivity index (χ0n) is 12.1. The SMILES string of the molecule is COc1cccc(/C=C(\C#N)C(=O)NC2CCS(=O)(=O)C2)c1. The lowest BCUT2D eigenvalue weighted by atomic mass is 10.1. The van der Waals surface area contributed by atoms with Gasteiger partial charge in [-0.25, -0.2) is 8.42 Å². The van der Waals surface area contributed by atoms with Gasteiger partial charge >= 0.3 is 0 Å². The number of nitriles is 1. The summed E-state index contributed by atoms with van der Waals surface area (Å²) in [6, 6.07) is 8.36. The second-order valence-corrected chi connectivity index (χ2v) is 7.25. The average Bonchev–Trinajstić information content (AvgIpc) is 2.83. The molecule has 1 N–H and O–H groups in total. The van der Waals surface area contributed by atoms with Crippen molar-refractivity contribution in [2.45, 2.75) is 12.5 Å². The first-order chi connectivity index (χ1) is 10.4. The average molecular weight is 320 g/mol. The molecule has 1 amide bonds. The first-order valence-corrected chi connectivity index (χ1v) is 8.53. The Morgan fingerprint density at radius 1 is 1.50 bits per heavy atom. The molecule has 1 saturated heterocycles. The number of ether oxygens (including phenoxy) is 1. The van der Waals surface area contributed by atoms with Crippen molar-refractivity contribution in [3.63, 3.8) is 0 Å². The molecule has 0 spiro atoms. The van der Waals surface area contributed by atoms with Crippen molar-refractivity contribution in [1.82, 2.24) is 5.32 Å². The largest absolute Gasteiger partial charge is 0.497 e. The predicted octanol–water partition coefficient (Wildman–Crippen LogP) is 0.905. The smallest absolute Gasteiger partial charge is 0.262 e. The van der Waals surface area contributed by atoms with Crippen LogP contribution in [0.25, 0.3) is 6.08 Å². The van der Waals surface area contributed by atoms with Gasteiger partial charge in [0.25, 0.3) is 5.91 Å². The molecule has 0 aromatic heterocycles. The highest BCUT2D eigenvalue weighted by molar-refractivity contribution is 7.91. The number of hydrogen-bond acceptors (Lipinski definition) is 5. The minimum Gasteiger partial charge on any atom is -0.497 e. The summed E-state index contributed by atoms with van der Waals surface area (Å²) in [5.41, 5.74) is 0.586. The highest BCUT2D eigenvalue weighted by Gasteiger charge is 2.29. The van der Waals surface area contributed by atoms with Crippen molar-refractivity contribution in [3.8, 4) is 11.8 Å². The van der Waals surface area contributed by atoms with E-state index in [0.717, 1.165) is 0 Å².